The third kappa shape index (κ3) is 27.6. The van der Waals surface area contributed by atoms with Crippen LogP contribution < -0.4 is 5.32 Å². The number of carbonyl (C=O) groups excluding carboxylic acids is 1. The van der Waals surface area contributed by atoms with Gasteiger partial charge in [-0.1, -0.05) is 154 Å². The van der Waals surface area contributed by atoms with Gasteiger partial charge in [-0.05, 0) is 25.7 Å². The molecule has 208 valence electrons. The van der Waals surface area contributed by atoms with Gasteiger partial charge < -0.3 is 10.4 Å². The highest BCUT2D eigenvalue weighted by molar-refractivity contribution is 5.76. The SMILES string of the molecule is CCCCCCCCCCCCC/C=C/C[C@H](CO)NC(=O)CCCCCCCCCCCCC. The molecule has 0 saturated heterocycles. The maximum Gasteiger partial charge on any atom is 0.220 e. The second kappa shape index (κ2) is 29.4. The van der Waals surface area contributed by atoms with E-state index in [2.05, 4.69) is 31.3 Å². The van der Waals surface area contributed by atoms with Crippen molar-refractivity contribution in [2.45, 2.75) is 180 Å². The number of hydrogen-bond acceptors (Lipinski definition) is 2. The Hall–Kier alpha value is -0.830. The molecular formula is C32H63NO2. The Morgan fingerprint density at radius 2 is 1.00 bits per heavy atom. The quantitative estimate of drug-likeness (QED) is 0.0841. The molecule has 0 aromatic rings. The molecule has 2 N–H and O–H groups in total. The predicted molar refractivity (Wildman–Crippen MR) is 155 cm³/mol. The first-order valence-corrected chi connectivity index (χ1v) is 15.8. The van der Waals surface area contributed by atoms with E-state index in [0.29, 0.717) is 6.42 Å². The van der Waals surface area contributed by atoms with Crippen LogP contribution in [0.4, 0.5) is 0 Å². The third-order valence-electron chi connectivity index (χ3n) is 7.15. The van der Waals surface area contributed by atoms with E-state index in [0.717, 1.165) is 25.7 Å². The smallest absolute Gasteiger partial charge is 0.220 e. The van der Waals surface area contributed by atoms with Crippen molar-refractivity contribution >= 4 is 5.91 Å². The highest BCUT2D eigenvalue weighted by Gasteiger charge is 2.09. The van der Waals surface area contributed by atoms with Crippen LogP contribution in [-0.4, -0.2) is 23.7 Å². The lowest BCUT2D eigenvalue weighted by Gasteiger charge is -2.14. The number of aliphatic hydroxyl groups is 1. The molecular weight excluding hydrogens is 430 g/mol. The van der Waals surface area contributed by atoms with Crippen molar-refractivity contribution in [3.63, 3.8) is 0 Å². The van der Waals surface area contributed by atoms with E-state index in [1.165, 1.54) is 128 Å². The van der Waals surface area contributed by atoms with Crippen LogP contribution >= 0.6 is 0 Å². The number of rotatable bonds is 28. The molecule has 0 bridgehead atoms. The number of unbranched alkanes of at least 4 members (excludes halogenated alkanes) is 21. The van der Waals surface area contributed by atoms with E-state index in [9.17, 15) is 9.90 Å². The van der Waals surface area contributed by atoms with E-state index >= 15 is 0 Å². The first-order valence-electron chi connectivity index (χ1n) is 15.8. The van der Waals surface area contributed by atoms with Crippen LogP contribution in [-0.2, 0) is 4.79 Å². The van der Waals surface area contributed by atoms with Crippen molar-refractivity contribution in [2.24, 2.45) is 0 Å². The number of nitrogens with one attached hydrogen (secondary N) is 1. The van der Waals surface area contributed by atoms with Gasteiger partial charge in [0.25, 0.3) is 0 Å². The zero-order valence-corrected chi connectivity index (χ0v) is 24.0. The molecule has 0 saturated carbocycles. The molecule has 0 aromatic carbocycles. The van der Waals surface area contributed by atoms with Gasteiger partial charge in [-0.15, -0.1) is 0 Å². The summed E-state index contributed by atoms with van der Waals surface area (Å²) in [6, 6.07) is -0.135. The summed E-state index contributed by atoms with van der Waals surface area (Å²) in [5.74, 6) is 0.0961. The Morgan fingerprint density at radius 1 is 0.600 bits per heavy atom. The number of amides is 1. The van der Waals surface area contributed by atoms with Crippen LogP contribution in [0.25, 0.3) is 0 Å². The first-order chi connectivity index (χ1) is 17.2. The van der Waals surface area contributed by atoms with Crippen molar-refractivity contribution in [3.05, 3.63) is 12.2 Å². The molecule has 0 fully saturated rings. The summed E-state index contributed by atoms with van der Waals surface area (Å²) in [5.41, 5.74) is 0. The van der Waals surface area contributed by atoms with Gasteiger partial charge >= 0.3 is 0 Å². The summed E-state index contributed by atoms with van der Waals surface area (Å²) in [7, 11) is 0. The monoisotopic (exact) mass is 493 g/mol. The summed E-state index contributed by atoms with van der Waals surface area (Å²) in [5, 5.41) is 12.6. The molecule has 3 nitrogen and oxygen atoms in total. The van der Waals surface area contributed by atoms with Crippen molar-refractivity contribution in [3.8, 4) is 0 Å². The molecule has 0 aromatic heterocycles. The largest absolute Gasteiger partial charge is 0.394 e. The second-order valence-corrected chi connectivity index (χ2v) is 10.8. The molecule has 1 amide bonds. The average molecular weight is 494 g/mol. The zero-order valence-electron chi connectivity index (χ0n) is 24.0. The average Bonchev–Trinajstić information content (AvgIpc) is 2.86. The molecule has 0 aliphatic carbocycles. The topological polar surface area (TPSA) is 49.3 Å². The number of carbonyl (C=O) groups is 1. The Kier molecular flexibility index (Phi) is 28.7. The van der Waals surface area contributed by atoms with Gasteiger partial charge in [0.2, 0.25) is 5.91 Å². The van der Waals surface area contributed by atoms with Crippen LogP contribution in [0, 0.1) is 0 Å². The van der Waals surface area contributed by atoms with E-state index in [1.54, 1.807) is 0 Å². The van der Waals surface area contributed by atoms with E-state index in [4.69, 9.17) is 0 Å². The summed E-state index contributed by atoms with van der Waals surface area (Å²) < 4.78 is 0. The molecule has 1 atom stereocenters. The third-order valence-corrected chi connectivity index (χ3v) is 7.15. The normalized spacial score (nSPS) is 12.4. The van der Waals surface area contributed by atoms with Crippen LogP contribution in [0.15, 0.2) is 12.2 Å². The Labute approximate surface area is 220 Å². The van der Waals surface area contributed by atoms with Gasteiger partial charge in [-0.25, -0.2) is 0 Å². The molecule has 3 heteroatoms. The van der Waals surface area contributed by atoms with Crippen molar-refractivity contribution in [2.75, 3.05) is 6.61 Å². The maximum atomic E-state index is 12.2. The van der Waals surface area contributed by atoms with Crippen molar-refractivity contribution in [1.29, 1.82) is 0 Å². The fourth-order valence-electron chi connectivity index (χ4n) is 4.73. The van der Waals surface area contributed by atoms with Crippen molar-refractivity contribution < 1.29 is 9.90 Å². The predicted octanol–water partition coefficient (Wildman–Crippen LogP) is 9.81. The Morgan fingerprint density at radius 3 is 1.43 bits per heavy atom. The molecule has 35 heavy (non-hydrogen) atoms. The number of aliphatic hydroxyl groups excluding tert-OH is 1. The zero-order chi connectivity index (χ0) is 25.7. The van der Waals surface area contributed by atoms with E-state index < -0.39 is 0 Å². The van der Waals surface area contributed by atoms with Gasteiger partial charge in [-0.3, -0.25) is 4.79 Å². The van der Waals surface area contributed by atoms with E-state index in [1.807, 2.05) is 0 Å². The first kappa shape index (κ1) is 34.2. The standard InChI is InChI=1S/C32H63NO2/c1-3-5-7-9-11-13-15-16-17-19-20-22-24-26-28-31(30-34)33-32(35)29-27-25-23-21-18-14-12-10-8-6-4-2/h24,26,31,34H,3-23,25,27-30H2,1-2H3,(H,33,35)/b26-24+/t31-/m1/s1. The van der Waals surface area contributed by atoms with Crippen molar-refractivity contribution in [1.82, 2.24) is 5.32 Å². The number of hydrogen-bond donors (Lipinski definition) is 2. The van der Waals surface area contributed by atoms with Gasteiger partial charge in [0.1, 0.15) is 0 Å². The minimum absolute atomic E-state index is 0.0206. The molecule has 0 spiro atoms. The van der Waals surface area contributed by atoms with Crippen LogP contribution in [0.5, 0.6) is 0 Å². The van der Waals surface area contributed by atoms with Gasteiger partial charge in [0.05, 0.1) is 12.6 Å². The lowest BCUT2D eigenvalue weighted by molar-refractivity contribution is -0.122. The van der Waals surface area contributed by atoms with Gasteiger partial charge in [0, 0.05) is 6.42 Å². The number of allylic oxidation sites excluding steroid dienone is 1. The highest BCUT2D eigenvalue weighted by Crippen LogP contribution is 2.13. The summed E-state index contributed by atoms with van der Waals surface area (Å²) in [6.45, 7) is 4.56. The van der Waals surface area contributed by atoms with Gasteiger partial charge in [-0.2, -0.15) is 0 Å². The van der Waals surface area contributed by atoms with E-state index in [-0.39, 0.29) is 18.6 Å². The maximum absolute atomic E-state index is 12.2. The summed E-state index contributed by atoms with van der Waals surface area (Å²) in [4.78, 5) is 12.2. The lowest BCUT2D eigenvalue weighted by atomic mass is 10.0. The molecule has 0 radical (unpaired) electrons. The molecule has 0 aliphatic heterocycles. The van der Waals surface area contributed by atoms with Crippen LogP contribution in [0.1, 0.15) is 174 Å². The lowest BCUT2D eigenvalue weighted by Crippen LogP contribution is -2.36. The molecule has 0 unspecified atom stereocenters. The Bertz CT molecular complexity index is 449. The fraction of sp³-hybridized carbons (Fsp3) is 0.906. The summed E-state index contributed by atoms with van der Waals surface area (Å²) >= 11 is 0. The minimum atomic E-state index is -0.135. The molecule has 0 heterocycles. The second-order valence-electron chi connectivity index (χ2n) is 10.8. The molecule has 0 aliphatic rings. The van der Waals surface area contributed by atoms with Crippen LogP contribution in [0.2, 0.25) is 0 Å². The van der Waals surface area contributed by atoms with Crippen LogP contribution in [0.3, 0.4) is 0 Å². The summed E-state index contributed by atoms with van der Waals surface area (Å²) in [6.07, 6.45) is 36.2. The fourth-order valence-corrected chi connectivity index (χ4v) is 4.73. The minimum Gasteiger partial charge on any atom is -0.394 e. The molecule has 0 rings (SSSR count). The van der Waals surface area contributed by atoms with Gasteiger partial charge in [0.15, 0.2) is 0 Å². The Balaban J connectivity index is 3.50. The highest BCUT2D eigenvalue weighted by atomic mass is 16.3.